The first-order valence-corrected chi connectivity index (χ1v) is 20.1. The lowest BCUT2D eigenvalue weighted by atomic mass is 9.43. The van der Waals surface area contributed by atoms with Crippen LogP contribution in [-0.4, -0.2) is 134 Å². The van der Waals surface area contributed by atoms with Gasteiger partial charge in [0.2, 0.25) is 0 Å². The van der Waals surface area contributed by atoms with Crippen molar-refractivity contribution in [3.05, 3.63) is 0 Å². The molecule has 0 bridgehead atoms. The largest absolute Gasteiger partial charge is 0.481 e. The van der Waals surface area contributed by atoms with Crippen molar-refractivity contribution in [3.63, 3.8) is 0 Å². The Hall–Kier alpha value is -3.50. The van der Waals surface area contributed by atoms with Crippen LogP contribution < -0.4 is 5.32 Å². The van der Waals surface area contributed by atoms with Gasteiger partial charge in [-0.05, 0) is 123 Å². The second-order valence-corrected chi connectivity index (χ2v) is 17.3. The van der Waals surface area contributed by atoms with Gasteiger partial charge in [-0.25, -0.2) is 4.79 Å². The third kappa shape index (κ3) is 10.9. The monoisotopic (exact) mass is 781 g/mol. The molecule has 4 rings (SSSR count). The maximum absolute atomic E-state index is 12.8. The summed E-state index contributed by atoms with van der Waals surface area (Å²) >= 11 is 0. The molecule has 0 heterocycles. The SMILES string of the molecule is C[C@H](CCC(=O)O)[C@H]1CC[C@H]2[C@@H]3CC[C@@H]4C[C@H](OC(=O)NCCCCC(C(=O)O)N(CCN(CC(=O)O)CC(=O)O)CC(=O)O)CC[C@]4(C)[C@H]3C[C@H](O)[C@]12C. The van der Waals surface area contributed by atoms with E-state index in [1.807, 2.05) is 0 Å². The fraction of sp³-hybridized carbons (Fsp3) is 0.846. The van der Waals surface area contributed by atoms with Crippen molar-refractivity contribution in [2.45, 2.75) is 122 Å². The first-order chi connectivity index (χ1) is 25.9. The number of aliphatic carboxylic acids is 5. The number of aliphatic hydroxyl groups is 1. The molecule has 4 aliphatic carbocycles. The van der Waals surface area contributed by atoms with Crippen LogP contribution in [0.25, 0.3) is 0 Å². The van der Waals surface area contributed by atoms with Crippen molar-refractivity contribution in [2.75, 3.05) is 39.3 Å². The van der Waals surface area contributed by atoms with Gasteiger partial charge in [0.1, 0.15) is 12.1 Å². The topological polar surface area (TPSA) is 252 Å². The van der Waals surface area contributed by atoms with Gasteiger partial charge < -0.3 is 40.7 Å². The van der Waals surface area contributed by atoms with Crippen LogP contribution in [0.5, 0.6) is 0 Å². The number of carboxylic acids is 5. The fourth-order valence-electron chi connectivity index (χ4n) is 11.5. The van der Waals surface area contributed by atoms with Gasteiger partial charge in [0.15, 0.2) is 0 Å². The van der Waals surface area contributed by atoms with Crippen LogP contribution in [0.2, 0.25) is 0 Å². The van der Waals surface area contributed by atoms with Gasteiger partial charge in [0.05, 0.1) is 25.7 Å². The molecule has 312 valence electrons. The molecule has 0 aliphatic heterocycles. The van der Waals surface area contributed by atoms with E-state index in [-0.39, 0.29) is 55.3 Å². The summed E-state index contributed by atoms with van der Waals surface area (Å²) in [7, 11) is 0. The number of aliphatic hydroxyl groups excluding tert-OH is 1. The highest BCUT2D eigenvalue weighted by Gasteiger charge is 2.64. The third-order valence-corrected chi connectivity index (χ3v) is 14.2. The average Bonchev–Trinajstić information content (AvgIpc) is 3.45. The number of carboxylic acid groups (broad SMARTS) is 5. The summed E-state index contributed by atoms with van der Waals surface area (Å²) in [5, 5.41) is 61.3. The Morgan fingerprint density at radius 1 is 0.782 bits per heavy atom. The van der Waals surface area contributed by atoms with E-state index in [4.69, 9.17) is 14.9 Å². The van der Waals surface area contributed by atoms with Crippen LogP contribution in [0.3, 0.4) is 0 Å². The van der Waals surface area contributed by atoms with E-state index >= 15 is 0 Å². The molecule has 7 N–H and O–H groups in total. The quantitative estimate of drug-likeness (QED) is 0.0821. The minimum absolute atomic E-state index is 0.0363. The Balaban J connectivity index is 1.24. The van der Waals surface area contributed by atoms with Crippen LogP contribution >= 0.6 is 0 Å². The molecular formula is C39H63N3O13. The number of fused-ring (bicyclic) bond motifs is 5. The molecule has 0 aromatic heterocycles. The van der Waals surface area contributed by atoms with E-state index in [0.29, 0.717) is 48.9 Å². The van der Waals surface area contributed by atoms with Crippen LogP contribution in [0.15, 0.2) is 0 Å². The van der Waals surface area contributed by atoms with Gasteiger partial charge in [-0.3, -0.25) is 33.8 Å². The van der Waals surface area contributed by atoms with Crippen molar-refractivity contribution < 1.29 is 64.1 Å². The van der Waals surface area contributed by atoms with Gasteiger partial charge in [-0.1, -0.05) is 20.8 Å². The Labute approximate surface area is 323 Å². The molecule has 0 aromatic rings. The van der Waals surface area contributed by atoms with E-state index in [1.54, 1.807) is 0 Å². The molecule has 16 heteroatoms. The normalized spacial score (nSPS) is 32.4. The van der Waals surface area contributed by atoms with Crippen LogP contribution in [0, 0.1) is 46.3 Å². The lowest BCUT2D eigenvalue weighted by Gasteiger charge is -2.62. The predicted molar refractivity (Wildman–Crippen MR) is 197 cm³/mol. The van der Waals surface area contributed by atoms with Crippen LogP contribution in [0.4, 0.5) is 4.79 Å². The molecule has 16 nitrogen and oxygen atoms in total. The summed E-state index contributed by atoms with van der Waals surface area (Å²) in [5.41, 5.74) is -0.170. The lowest BCUT2D eigenvalue weighted by Crippen LogP contribution is -2.59. The summed E-state index contributed by atoms with van der Waals surface area (Å²) < 4.78 is 5.87. The van der Waals surface area contributed by atoms with Crippen molar-refractivity contribution in [2.24, 2.45) is 46.3 Å². The number of hydrogen-bond acceptors (Lipinski definition) is 10. The molecule has 0 spiro atoms. The van der Waals surface area contributed by atoms with Gasteiger partial charge in [-0.15, -0.1) is 0 Å². The van der Waals surface area contributed by atoms with E-state index in [1.165, 1.54) is 4.90 Å². The molecule has 0 aromatic carbocycles. The first-order valence-electron chi connectivity index (χ1n) is 20.1. The zero-order valence-electron chi connectivity index (χ0n) is 32.6. The summed E-state index contributed by atoms with van der Waals surface area (Å²) in [5.74, 6) is -3.61. The molecule has 55 heavy (non-hydrogen) atoms. The number of hydrogen-bond donors (Lipinski definition) is 7. The average molecular weight is 782 g/mol. The number of amides is 1. The zero-order valence-corrected chi connectivity index (χ0v) is 32.6. The minimum Gasteiger partial charge on any atom is -0.481 e. The van der Waals surface area contributed by atoms with Crippen molar-refractivity contribution in [1.29, 1.82) is 0 Å². The van der Waals surface area contributed by atoms with Crippen LogP contribution in [-0.2, 0) is 28.7 Å². The van der Waals surface area contributed by atoms with Gasteiger partial charge in [0, 0.05) is 26.1 Å². The van der Waals surface area contributed by atoms with Crippen molar-refractivity contribution in [3.8, 4) is 0 Å². The smallest absolute Gasteiger partial charge is 0.407 e. The first kappa shape index (κ1) is 44.2. The number of nitrogens with zero attached hydrogens (tertiary/aromatic N) is 2. The van der Waals surface area contributed by atoms with E-state index in [9.17, 15) is 49.2 Å². The Morgan fingerprint density at radius 3 is 2.07 bits per heavy atom. The van der Waals surface area contributed by atoms with E-state index in [0.717, 1.165) is 56.3 Å². The number of ether oxygens (including phenoxy) is 1. The van der Waals surface area contributed by atoms with Crippen molar-refractivity contribution in [1.82, 2.24) is 15.1 Å². The van der Waals surface area contributed by atoms with Crippen LogP contribution in [0.1, 0.15) is 104 Å². The number of unbranched alkanes of at least 4 members (excludes halogenated alkanes) is 1. The van der Waals surface area contributed by atoms with Gasteiger partial charge in [-0.2, -0.15) is 0 Å². The molecule has 1 unspecified atom stereocenters. The number of rotatable bonds is 21. The molecule has 4 saturated carbocycles. The Bertz CT molecular complexity index is 1380. The van der Waals surface area contributed by atoms with E-state index < -0.39 is 67.7 Å². The second kappa shape index (κ2) is 19.1. The third-order valence-electron chi connectivity index (χ3n) is 14.2. The standard InChI is InChI=1S/C39H63N3O13/c1-23(7-12-32(44)45)27-10-11-28-26-9-8-24-18-25(13-14-38(24,2)29(26)19-31(43)39(27,28)3)55-37(54)40-15-5-4-6-30(36(52)53)42(22-35(50)51)17-16-41(20-33(46)47)21-34(48)49/h23-31,43H,4-22H2,1-3H3,(H,40,54)(H,44,45)(H,46,47)(H,48,49)(H,50,51)(H,52,53)/t23-,24-,25-,26+,27-,28+,29+,30?,31+,38+,39-/m1/s1. The maximum atomic E-state index is 12.8. The number of alkyl carbamates (subject to hydrolysis) is 1. The molecule has 0 radical (unpaired) electrons. The molecule has 4 aliphatic rings. The Kier molecular flexibility index (Phi) is 15.4. The van der Waals surface area contributed by atoms with E-state index in [2.05, 4.69) is 26.1 Å². The van der Waals surface area contributed by atoms with Gasteiger partial charge in [0.25, 0.3) is 0 Å². The molecule has 4 fully saturated rings. The molecule has 0 saturated heterocycles. The highest BCUT2D eigenvalue weighted by molar-refractivity contribution is 5.75. The highest BCUT2D eigenvalue weighted by atomic mass is 16.6. The molecular weight excluding hydrogens is 718 g/mol. The second-order valence-electron chi connectivity index (χ2n) is 17.3. The minimum atomic E-state index is -1.28. The number of carbonyl (C=O) groups excluding carboxylic acids is 1. The summed E-state index contributed by atoms with van der Waals surface area (Å²) in [4.78, 5) is 72.3. The zero-order chi connectivity index (χ0) is 40.7. The fourth-order valence-corrected chi connectivity index (χ4v) is 11.5. The Morgan fingerprint density at radius 2 is 1.45 bits per heavy atom. The molecule has 11 atom stereocenters. The highest BCUT2D eigenvalue weighted by Crippen LogP contribution is 2.68. The predicted octanol–water partition coefficient (Wildman–Crippen LogP) is 3.69. The molecule has 1 amide bonds. The lowest BCUT2D eigenvalue weighted by molar-refractivity contribution is -0.175. The maximum Gasteiger partial charge on any atom is 0.407 e. The van der Waals surface area contributed by atoms with Crippen molar-refractivity contribution >= 4 is 35.9 Å². The number of nitrogens with one attached hydrogen (secondary N) is 1. The number of carbonyl (C=O) groups is 6. The summed E-state index contributed by atoms with van der Waals surface area (Å²) in [6.45, 7) is 4.84. The summed E-state index contributed by atoms with van der Waals surface area (Å²) in [6, 6.07) is -1.22. The summed E-state index contributed by atoms with van der Waals surface area (Å²) in [6.07, 6.45) is 7.74. The van der Waals surface area contributed by atoms with Gasteiger partial charge >= 0.3 is 35.9 Å².